The maximum Gasteiger partial charge on any atom is 0.328 e. The SMILES string of the molecule is CC(C)Oc1cccc(CN2CCC3(CC2)C(=NC2CCCCC2)NC(=O)N3c2cc(F)ccc2-c2ccc(SN(C)C)cc2)c1. The molecule has 0 atom stereocenters. The topological polar surface area (TPSA) is 60.4 Å². The van der Waals surface area contributed by atoms with Gasteiger partial charge in [0.05, 0.1) is 17.8 Å². The molecule has 7 nitrogen and oxygen atoms in total. The number of halogens is 1. The summed E-state index contributed by atoms with van der Waals surface area (Å²) in [5, 5.41) is 3.20. The van der Waals surface area contributed by atoms with Crippen LogP contribution in [-0.4, -0.2) is 65.9 Å². The Balaban J connectivity index is 1.33. The zero-order chi connectivity index (χ0) is 32.3. The molecule has 2 aliphatic heterocycles. The molecule has 3 aromatic rings. The number of nitrogens with zero attached hydrogens (tertiary/aromatic N) is 4. The lowest BCUT2D eigenvalue weighted by molar-refractivity contribution is 0.183. The number of carbonyl (C=O) groups is 1. The van der Waals surface area contributed by atoms with Crippen LogP contribution in [0.2, 0.25) is 0 Å². The summed E-state index contributed by atoms with van der Waals surface area (Å²) in [7, 11) is 4.02. The number of anilines is 1. The summed E-state index contributed by atoms with van der Waals surface area (Å²) in [6.07, 6.45) is 7.17. The average Bonchev–Trinajstić information content (AvgIpc) is 3.28. The minimum absolute atomic E-state index is 0.118. The van der Waals surface area contributed by atoms with Crippen molar-refractivity contribution in [2.75, 3.05) is 32.1 Å². The molecule has 0 aromatic heterocycles. The summed E-state index contributed by atoms with van der Waals surface area (Å²) in [5.74, 6) is 1.27. The zero-order valence-corrected chi connectivity index (χ0v) is 28.3. The lowest BCUT2D eigenvalue weighted by Crippen LogP contribution is -2.57. The van der Waals surface area contributed by atoms with Gasteiger partial charge in [-0.2, -0.15) is 0 Å². The number of aliphatic imine (C=N–C) groups is 1. The predicted molar refractivity (Wildman–Crippen MR) is 186 cm³/mol. The number of ether oxygens (including phenoxy) is 1. The number of amides is 2. The Morgan fingerprint density at radius 3 is 2.46 bits per heavy atom. The van der Waals surface area contributed by atoms with Gasteiger partial charge in [-0.15, -0.1) is 0 Å². The number of nitrogens with one attached hydrogen (secondary N) is 1. The van der Waals surface area contributed by atoms with Crippen LogP contribution in [0.15, 0.2) is 76.6 Å². The summed E-state index contributed by atoms with van der Waals surface area (Å²) in [6, 6.07) is 21.4. The third kappa shape index (κ3) is 7.27. The van der Waals surface area contributed by atoms with Crippen LogP contribution in [0.1, 0.15) is 64.4 Å². The van der Waals surface area contributed by atoms with Crippen molar-refractivity contribution in [2.45, 2.75) is 87.9 Å². The van der Waals surface area contributed by atoms with Gasteiger partial charge in [0.25, 0.3) is 0 Å². The smallest absolute Gasteiger partial charge is 0.328 e. The number of rotatable bonds is 9. The van der Waals surface area contributed by atoms with Crippen LogP contribution < -0.4 is 15.0 Å². The van der Waals surface area contributed by atoms with E-state index in [-0.39, 0.29) is 24.0 Å². The number of urea groups is 1. The monoisotopic (exact) mass is 643 g/mol. The first-order valence-electron chi connectivity index (χ1n) is 16.6. The molecular formula is C37H46FN5O2S. The third-order valence-corrected chi connectivity index (χ3v) is 10.0. The third-order valence-electron chi connectivity index (χ3n) is 9.20. The molecule has 2 heterocycles. The lowest BCUT2D eigenvalue weighted by atomic mass is 9.84. The molecule has 9 heteroatoms. The van der Waals surface area contributed by atoms with E-state index in [1.165, 1.54) is 24.1 Å². The second-order valence-electron chi connectivity index (χ2n) is 13.2. The summed E-state index contributed by atoms with van der Waals surface area (Å²) in [4.78, 5) is 24.7. The number of piperidine rings is 1. The fourth-order valence-electron chi connectivity index (χ4n) is 7.09. The van der Waals surface area contributed by atoms with Crippen LogP contribution in [0.25, 0.3) is 11.1 Å². The Labute approximate surface area is 277 Å². The van der Waals surface area contributed by atoms with E-state index in [4.69, 9.17) is 9.73 Å². The highest BCUT2D eigenvalue weighted by Gasteiger charge is 2.53. The van der Waals surface area contributed by atoms with E-state index in [9.17, 15) is 4.79 Å². The number of benzene rings is 3. The Morgan fingerprint density at radius 2 is 1.76 bits per heavy atom. The minimum Gasteiger partial charge on any atom is -0.491 e. The quantitative estimate of drug-likeness (QED) is 0.239. The van der Waals surface area contributed by atoms with E-state index < -0.39 is 5.54 Å². The van der Waals surface area contributed by atoms with Gasteiger partial charge in [0.15, 0.2) is 0 Å². The molecule has 6 rings (SSSR count). The maximum absolute atomic E-state index is 15.1. The number of likely N-dealkylation sites (tertiary alicyclic amines) is 1. The largest absolute Gasteiger partial charge is 0.491 e. The van der Waals surface area contributed by atoms with Crippen molar-refractivity contribution in [2.24, 2.45) is 4.99 Å². The van der Waals surface area contributed by atoms with Crippen LogP contribution in [-0.2, 0) is 6.54 Å². The van der Waals surface area contributed by atoms with E-state index >= 15 is 4.39 Å². The van der Waals surface area contributed by atoms with E-state index in [0.717, 1.165) is 72.9 Å². The molecule has 244 valence electrons. The van der Waals surface area contributed by atoms with E-state index in [0.29, 0.717) is 18.5 Å². The summed E-state index contributed by atoms with van der Waals surface area (Å²) < 4.78 is 23.1. The van der Waals surface area contributed by atoms with Crippen molar-refractivity contribution in [3.05, 3.63) is 78.1 Å². The van der Waals surface area contributed by atoms with Crippen molar-refractivity contribution >= 4 is 29.5 Å². The predicted octanol–water partition coefficient (Wildman–Crippen LogP) is 8.14. The molecule has 0 bridgehead atoms. The number of hydrogen-bond acceptors (Lipinski definition) is 6. The number of hydrogen-bond donors (Lipinski definition) is 1. The second-order valence-corrected chi connectivity index (χ2v) is 14.6. The highest BCUT2D eigenvalue weighted by atomic mass is 32.2. The Kier molecular flexibility index (Phi) is 10.0. The van der Waals surface area contributed by atoms with Gasteiger partial charge < -0.3 is 4.74 Å². The summed E-state index contributed by atoms with van der Waals surface area (Å²) in [6.45, 7) is 6.44. The van der Waals surface area contributed by atoms with E-state index in [1.54, 1.807) is 18.0 Å². The molecule has 1 N–H and O–H groups in total. The molecule has 2 amide bonds. The standard InChI is InChI=1S/C37H46FN5O2S/c1-26(2)45-31-12-8-9-27(23-31)25-42-21-19-37(20-22-42)35(39-30-10-6-5-7-11-30)40-36(44)43(37)34-24-29(38)15-18-33(34)28-13-16-32(17-14-28)46-41(3)4/h8-9,12-18,23-24,26,30H,5-7,10-11,19-22,25H2,1-4H3,(H,39,40,44). The highest BCUT2D eigenvalue weighted by Crippen LogP contribution is 2.43. The van der Waals surface area contributed by atoms with Crippen molar-refractivity contribution in [1.82, 2.24) is 14.5 Å². The Bertz CT molecular complexity index is 1550. The maximum atomic E-state index is 15.1. The normalized spacial score (nSPS) is 19.8. The molecule has 0 unspecified atom stereocenters. The first kappa shape index (κ1) is 32.5. The van der Waals surface area contributed by atoms with Crippen LogP contribution in [0.5, 0.6) is 5.75 Å². The molecule has 3 aromatic carbocycles. The van der Waals surface area contributed by atoms with Gasteiger partial charge >= 0.3 is 6.03 Å². The fraction of sp³-hybridized carbons (Fsp3) is 0.459. The molecule has 3 fully saturated rings. The molecule has 0 radical (unpaired) electrons. The van der Waals surface area contributed by atoms with Crippen LogP contribution in [0.3, 0.4) is 0 Å². The Hall–Kier alpha value is -3.40. The van der Waals surface area contributed by atoms with Crippen molar-refractivity contribution < 1.29 is 13.9 Å². The average molecular weight is 644 g/mol. The van der Waals surface area contributed by atoms with Crippen molar-refractivity contribution in [3.63, 3.8) is 0 Å². The molecule has 1 saturated carbocycles. The molecule has 3 aliphatic rings. The van der Waals surface area contributed by atoms with Gasteiger partial charge in [0, 0.05) is 30.1 Å². The van der Waals surface area contributed by atoms with E-state index in [2.05, 4.69) is 46.6 Å². The van der Waals surface area contributed by atoms with Gasteiger partial charge in [-0.25, -0.2) is 9.18 Å². The van der Waals surface area contributed by atoms with Gasteiger partial charge in [-0.1, -0.05) is 43.5 Å². The van der Waals surface area contributed by atoms with Crippen molar-refractivity contribution in [1.29, 1.82) is 0 Å². The molecule has 1 aliphatic carbocycles. The van der Waals surface area contributed by atoms with E-state index in [1.807, 2.05) is 49.3 Å². The fourth-order valence-corrected chi connectivity index (χ4v) is 7.77. The van der Waals surface area contributed by atoms with Crippen molar-refractivity contribution in [3.8, 4) is 16.9 Å². The molecule has 1 spiro atoms. The van der Waals surface area contributed by atoms with Gasteiger partial charge in [0.2, 0.25) is 0 Å². The first-order valence-corrected chi connectivity index (χ1v) is 17.4. The highest BCUT2D eigenvalue weighted by molar-refractivity contribution is 7.97. The second kappa shape index (κ2) is 14.2. The van der Waals surface area contributed by atoms with Crippen LogP contribution in [0, 0.1) is 5.82 Å². The first-order chi connectivity index (χ1) is 22.2. The van der Waals surface area contributed by atoms with Gasteiger partial charge in [-0.05, 0) is 119 Å². The number of carbonyl (C=O) groups excluding carboxylic acids is 1. The summed E-state index contributed by atoms with van der Waals surface area (Å²) in [5.41, 5.74) is 2.90. The summed E-state index contributed by atoms with van der Waals surface area (Å²) >= 11 is 1.64. The minimum atomic E-state index is -0.670. The zero-order valence-electron chi connectivity index (χ0n) is 27.5. The number of amidine groups is 1. The van der Waals surface area contributed by atoms with Gasteiger partial charge in [-0.3, -0.25) is 24.4 Å². The Morgan fingerprint density at radius 1 is 1.02 bits per heavy atom. The molecular weight excluding hydrogens is 598 g/mol. The molecule has 2 saturated heterocycles. The molecule has 46 heavy (non-hydrogen) atoms. The lowest BCUT2D eigenvalue weighted by Gasteiger charge is -2.44. The van der Waals surface area contributed by atoms with Crippen LogP contribution >= 0.6 is 11.9 Å². The van der Waals surface area contributed by atoms with Gasteiger partial charge in [0.1, 0.15) is 22.9 Å². The van der Waals surface area contributed by atoms with Crippen LogP contribution in [0.4, 0.5) is 14.9 Å².